The number of nitrogens with one attached hydrogen (secondary N) is 4. The van der Waals surface area contributed by atoms with Gasteiger partial charge in [0.25, 0.3) is 5.91 Å². The summed E-state index contributed by atoms with van der Waals surface area (Å²) < 4.78 is 0. The second-order valence-corrected chi connectivity index (χ2v) is 7.15. The molecule has 0 saturated heterocycles. The Bertz CT molecular complexity index is 1070. The zero-order valence-electron chi connectivity index (χ0n) is 15.0. The average molecular weight is 392 g/mol. The monoisotopic (exact) mass is 392 g/mol. The third kappa shape index (κ3) is 3.74. The van der Waals surface area contributed by atoms with Crippen molar-refractivity contribution in [3.63, 3.8) is 0 Å². The van der Waals surface area contributed by atoms with Gasteiger partial charge in [-0.15, -0.1) is 11.3 Å². The van der Waals surface area contributed by atoms with Crippen molar-refractivity contribution in [2.45, 2.75) is 6.04 Å². The first kappa shape index (κ1) is 18.2. The van der Waals surface area contributed by atoms with Crippen molar-refractivity contribution < 1.29 is 4.79 Å². The van der Waals surface area contributed by atoms with Crippen LogP contribution in [-0.2, 0) is 0 Å². The number of nitrogens with two attached hydrogens (primary N) is 1. The Kier molecular flexibility index (Phi) is 5.34. The minimum absolute atomic E-state index is 0.152. The van der Waals surface area contributed by atoms with E-state index in [0.29, 0.717) is 11.4 Å². The second-order valence-electron chi connectivity index (χ2n) is 6.23. The van der Waals surface area contributed by atoms with Crippen LogP contribution in [0.15, 0.2) is 66.3 Å². The molecular weight excluding hydrogens is 372 g/mol. The number of aromatic nitrogens is 2. The second kappa shape index (κ2) is 8.22. The number of hydrogen-bond donors (Lipinski definition) is 5. The van der Waals surface area contributed by atoms with Crippen molar-refractivity contribution in [3.05, 3.63) is 76.7 Å². The fraction of sp³-hybridized carbons (Fsp3) is 0.100. The predicted molar refractivity (Wildman–Crippen MR) is 113 cm³/mol. The van der Waals surface area contributed by atoms with E-state index in [1.54, 1.807) is 6.20 Å². The van der Waals surface area contributed by atoms with Gasteiger partial charge in [-0.1, -0.05) is 30.3 Å². The molecule has 142 valence electrons. The van der Waals surface area contributed by atoms with E-state index in [9.17, 15) is 4.79 Å². The lowest BCUT2D eigenvalue weighted by molar-refractivity contribution is 0.0941. The van der Waals surface area contributed by atoms with Gasteiger partial charge >= 0.3 is 0 Å². The summed E-state index contributed by atoms with van der Waals surface area (Å²) in [7, 11) is 0. The van der Waals surface area contributed by atoms with Crippen molar-refractivity contribution in [1.82, 2.24) is 20.7 Å². The van der Waals surface area contributed by atoms with Gasteiger partial charge < -0.3 is 15.6 Å². The van der Waals surface area contributed by atoms with Gasteiger partial charge in [-0.2, -0.15) is 0 Å². The molecule has 0 aliphatic rings. The van der Waals surface area contributed by atoms with Crippen LogP contribution in [0.5, 0.6) is 0 Å². The molecule has 6 N–H and O–H groups in total. The lowest BCUT2D eigenvalue weighted by atomic mass is 10.1. The number of carbonyl (C=O) groups is 1. The summed E-state index contributed by atoms with van der Waals surface area (Å²) in [5.41, 5.74) is 6.08. The fourth-order valence-electron chi connectivity index (χ4n) is 3.08. The Morgan fingerprint density at radius 2 is 2.00 bits per heavy atom. The molecule has 4 aromatic rings. The highest BCUT2D eigenvalue weighted by atomic mass is 32.1. The van der Waals surface area contributed by atoms with Crippen LogP contribution < -0.4 is 21.9 Å². The summed E-state index contributed by atoms with van der Waals surface area (Å²) in [6, 6.07) is 15.3. The SMILES string of the molecule is NNC[C@@H](NC(=O)c1sccc1Nc1ccnc2[nH]ccc12)c1ccccc1. The van der Waals surface area contributed by atoms with Crippen LogP contribution in [0, 0.1) is 0 Å². The number of thiophene rings is 1. The van der Waals surface area contributed by atoms with Crippen molar-refractivity contribution >= 4 is 39.7 Å². The molecule has 0 spiro atoms. The molecule has 0 radical (unpaired) electrons. The van der Waals surface area contributed by atoms with E-state index < -0.39 is 0 Å². The number of amides is 1. The fourth-order valence-corrected chi connectivity index (χ4v) is 3.83. The number of anilines is 2. The molecule has 0 saturated carbocycles. The molecule has 3 heterocycles. The number of benzene rings is 1. The normalized spacial score (nSPS) is 12.0. The lowest BCUT2D eigenvalue weighted by Gasteiger charge is -2.19. The van der Waals surface area contributed by atoms with Crippen LogP contribution in [0.25, 0.3) is 11.0 Å². The van der Waals surface area contributed by atoms with Crippen molar-refractivity contribution in [3.8, 4) is 0 Å². The maximum absolute atomic E-state index is 13.0. The number of fused-ring (bicyclic) bond motifs is 1. The molecule has 4 rings (SSSR count). The summed E-state index contributed by atoms with van der Waals surface area (Å²) in [5.74, 6) is 5.36. The Labute approximate surface area is 166 Å². The van der Waals surface area contributed by atoms with Crippen LogP contribution in [0.4, 0.5) is 11.4 Å². The van der Waals surface area contributed by atoms with Gasteiger partial charge in [-0.25, -0.2) is 4.98 Å². The minimum atomic E-state index is -0.231. The van der Waals surface area contributed by atoms with Crippen molar-refractivity contribution in [1.29, 1.82) is 0 Å². The number of nitrogens with zero attached hydrogens (tertiary/aromatic N) is 1. The number of H-pyrrole nitrogens is 1. The highest BCUT2D eigenvalue weighted by Gasteiger charge is 2.19. The summed E-state index contributed by atoms with van der Waals surface area (Å²) in [6.07, 6.45) is 3.57. The van der Waals surface area contributed by atoms with E-state index in [4.69, 9.17) is 5.84 Å². The van der Waals surface area contributed by atoms with Gasteiger partial charge in [-0.3, -0.25) is 16.1 Å². The molecule has 28 heavy (non-hydrogen) atoms. The molecule has 0 bridgehead atoms. The molecule has 0 aliphatic heterocycles. The van der Waals surface area contributed by atoms with E-state index in [-0.39, 0.29) is 11.9 Å². The van der Waals surface area contributed by atoms with Crippen LogP contribution in [0.3, 0.4) is 0 Å². The van der Waals surface area contributed by atoms with Crippen molar-refractivity contribution in [2.24, 2.45) is 5.84 Å². The Balaban J connectivity index is 1.56. The zero-order chi connectivity index (χ0) is 19.3. The van der Waals surface area contributed by atoms with E-state index in [1.165, 1.54) is 11.3 Å². The smallest absolute Gasteiger partial charge is 0.264 e. The molecule has 1 amide bonds. The van der Waals surface area contributed by atoms with Gasteiger partial charge in [0.1, 0.15) is 10.5 Å². The number of hydrogen-bond acceptors (Lipinski definition) is 6. The molecule has 3 aromatic heterocycles. The Hall–Kier alpha value is -3.20. The number of aromatic amines is 1. The molecular formula is C20H20N6OS. The van der Waals surface area contributed by atoms with E-state index >= 15 is 0 Å². The lowest BCUT2D eigenvalue weighted by Crippen LogP contribution is -2.38. The topological polar surface area (TPSA) is 108 Å². The maximum Gasteiger partial charge on any atom is 0.264 e. The van der Waals surface area contributed by atoms with Gasteiger partial charge in [0, 0.05) is 24.3 Å². The summed E-state index contributed by atoms with van der Waals surface area (Å²) in [4.78, 5) is 21.0. The Morgan fingerprint density at radius 3 is 2.82 bits per heavy atom. The average Bonchev–Trinajstić information content (AvgIpc) is 3.38. The van der Waals surface area contributed by atoms with Crippen LogP contribution in [0.2, 0.25) is 0 Å². The standard InChI is InChI=1S/C20H20N6OS/c21-24-12-17(13-4-2-1-3-5-13)26-20(27)18-16(8-11-28-18)25-15-7-10-23-19-14(15)6-9-22-19/h1-11,17,24H,12,21H2,(H,26,27)(H2,22,23,25)/t17-/m1/s1. The van der Waals surface area contributed by atoms with Gasteiger partial charge in [0.15, 0.2) is 0 Å². The summed E-state index contributed by atoms with van der Waals surface area (Å²) >= 11 is 1.39. The molecule has 0 unspecified atom stereocenters. The van der Waals surface area contributed by atoms with E-state index in [1.807, 2.05) is 60.1 Å². The molecule has 0 fully saturated rings. The first-order chi connectivity index (χ1) is 13.8. The van der Waals surface area contributed by atoms with Gasteiger partial charge in [-0.05, 0) is 29.1 Å². The predicted octanol–water partition coefficient (Wildman–Crippen LogP) is 3.30. The summed E-state index contributed by atoms with van der Waals surface area (Å²) in [6.45, 7) is 0.429. The maximum atomic E-state index is 13.0. The zero-order valence-corrected chi connectivity index (χ0v) is 15.8. The molecule has 1 atom stereocenters. The minimum Gasteiger partial charge on any atom is -0.354 e. The highest BCUT2D eigenvalue weighted by molar-refractivity contribution is 7.12. The molecule has 8 heteroatoms. The van der Waals surface area contributed by atoms with Gasteiger partial charge in [0.2, 0.25) is 0 Å². The van der Waals surface area contributed by atoms with E-state index in [2.05, 4.69) is 26.0 Å². The largest absolute Gasteiger partial charge is 0.354 e. The highest BCUT2D eigenvalue weighted by Crippen LogP contribution is 2.30. The molecule has 0 aliphatic carbocycles. The quantitative estimate of drug-likeness (QED) is 0.245. The summed E-state index contributed by atoms with van der Waals surface area (Å²) in [5, 5.41) is 9.28. The number of carbonyl (C=O) groups excluding carboxylic acids is 1. The van der Waals surface area contributed by atoms with Crippen LogP contribution in [0.1, 0.15) is 21.3 Å². The molecule has 1 aromatic carbocycles. The third-order valence-corrected chi connectivity index (χ3v) is 5.34. The van der Waals surface area contributed by atoms with Crippen LogP contribution in [-0.4, -0.2) is 22.4 Å². The Morgan fingerprint density at radius 1 is 1.14 bits per heavy atom. The van der Waals surface area contributed by atoms with Crippen molar-refractivity contribution in [2.75, 3.05) is 11.9 Å². The number of pyridine rings is 1. The number of rotatable bonds is 7. The van der Waals surface area contributed by atoms with Crippen LogP contribution >= 0.6 is 11.3 Å². The number of hydrazine groups is 1. The van der Waals surface area contributed by atoms with Gasteiger partial charge in [0.05, 0.1) is 17.4 Å². The van der Waals surface area contributed by atoms with E-state index in [0.717, 1.165) is 28.0 Å². The first-order valence-electron chi connectivity index (χ1n) is 8.82. The molecule has 7 nitrogen and oxygen atoms in total. The third-order valence-electron chi connectivity index (χ3n) is 4.43. The first-order valence-corrected chi connectivity index (χ1v) is 9.70.